The van der Waals surface area contributed by atoms with Crippen LogP contribution in [0.1, 0.15) is 11.7 Å². The third-order valence-electron chi connectivity index (χ3n) is 2.38. The highest BCUT2D eigenvalue weighted by Crippen LogP contribution is 2.16. The van der Waals surface area contributed by atoms with Crippen LogP contribution in [0.15, 0.2) is 40.2 Å². The Kier molecular flexibility index (Phi) is 4.25. The monoisotopic (exact) mass is 302 g/mol. The summed E-state index contributed by atoms with van der Waals surface area (Å²) in [5.41, 5.74) is 0.630. The van der Waals surface area contributed by atoms with Gasteiger partial charge in [0.2, 0.25) is 10.0 Å². The summed E-state index contributed by atoms with van der Waals surface area (Å²) in [5.74, 6) is -0.735. The van der Waals surface area contributed by atoms with Crippen molar-refractivity contribution in [2.24, 2.45) is 0 Å². The fourth-order valence-electron chi connectivity index (χ4n) is 1.39. The minimum absolute atomic E-state index is 0.185. The molecule has 0 aromatic carbocycles. The maximum Gasteiger partial charge on any atom is 0.242 e. The molecule has 0 bridgehead atoms. The minimum Gasteiger partial charge on any atom is -0.387 e. The van der Waals surface area contributed by atoms with Gasteiger partial charge in [-0.25, -0.2) is 17.5 Å². The number of thiophene rings is 1. The molecule has 2 aromatic heterocycles. The highest BCUT2D eigenvalue weighted by Gasteiger charge is 2.17. The molecule has 0 fully saturated rings. The van der Waals surface area contributed by atoms with Gasteiger partial charge in [0.25, 0.3) is 0 Å². The van der Waals surface area contributed by atoms with Crippen molar-refractivity contribution >= 4 is 21.4 Å². The molecule has 19 heavy (non-hydrogen) atoms. The molecule has 0 spiro atoms. The van der Waals surface area contributed by atoms with Crippen LogP contribution >= 0.6 is 11.3 Å². The molecule has 0 saturated heterocycles. The van der Waals surface area contributed by atoms with Crippen LogP contribution in [-0.2, 0) is 10.0 Å². The lowest BCUT2D eigenvalue weighted by Crippen LogP contribution is -2.28. The number of aliphatic hydroxyl groups excluding tert-OH is 1. The van der Waals surface area contributed by atoms with Crippen molar-refractivity contribution < 1.29 is 17.9 Å². The van der Waals surface area contributed by atoms with E-state index < -0.39 is 21.9 Å². The van der Waals surface area contributed by atoms with E-state index in [1.54, 1.807) is 16.8 Å². The first-order chi connectivity index (χ1) is 8.99. The van der Waals surface area contributed by atoms with Crippen LogP contribution < -0.4 is 4.72 Å². The topological polar surface area (TPSA) is 79.3 Å². The largest absolute Gasteiger partial charge is 0.387 e. The Morgan fingerprint density at radius 2 is 2.26 bits per heavy atom. The summed E-state index contributed by atoms with van der Waals surface area (Å²) in [4.78, 5) is 3.20. The lowest BCUT2D eigenvalue weighted by atomic mass is 10.2. The summed E-state index contributed by atoms with van der Waals surface area (Å²) in [6.45, 7) is -0.185. The molecule has 0 aliphatic carbocycles. The first-order valence-electron chi connectivity index (χ1n) is 5.29. The maximum atomic E-state index is 12.9. The number of rotatable bonds is 5. The van der Waals surface area contributed by atoms with Crippen molar-refractivity contribution in [3.05, 3.63) is 46.7 Å². The average molecular weight is 302 g/mol. The summed E-state index contributed by atoms with van der Waals surface area (Å²) in [5, 5.41) is 13.3. The van der Waals surface area contributed by atoms with E-state index in [1.807, 2.05) is 0 Å². The standard InChI is InChI=1S/C11H11FN2O3S2/c12-9-3-10(5-13-4-9)19(16,17)14-6-11(15)8-1-2-18-7-8/h1-5,7,11,14-15H,6H2. The lowest BCUT2D eigenvalue weighted by Gasteiger charge is -2.11. The SMILES string of the molecule is O=S(=O)(NCC(O)c1ccsc1)c1cncc(F)c1. The molecule has 0 aliphatic heterocycles. The second kappa shape index (κ2) is 5.74. The number of aromatic nitrogens is 1. The zero-order valence-electron chi connectivity index (χ0n) is 9.65. The summed E-state index contributed by atoms with van der Waals surface area (Å²) in [6, 6.07) is 2.57. The fraction of sp³-hybridized carbons (Fsp3) is 0.182. The van der Waals surface area contributed by atoms with Gasteiger partial charge in [-0.1, -0.05) is 0 Å². The van der Waals surface area contributed by atoms with Crippen molar-refractivity contribution in [3.8, 4) is 0 Å². The van der Waals surface area contributed by atoms with Gasteiger partial charge in [-0.3, -0.25) is 4.98 Å². The second-order valence-electron chi connectivity index (χ2n) is 3.76. The number of nitrogens with one attached hydrogen (secondary N) is 1. The number of sulfonamides is 1. The molecule has 5 nitrogen and oxygen atoms in total. The lowest BCUT2D eigenvalue weighted by molar-refractivity contribution is 0.182. The van der Waals surface area contributed by atoms with E-state index in [9.17, 15) is 17.9 Å². The number of hydrogen-bond acceptors (Lipinski definition) is 5. The Labute approximate surface area is 113 Å². The molecule has 2 rings (SSSR count). The molecular formula is C11H11FN2O3S2. The third-order valence-corrected chi connectivity index (χ3v) is 4.48. The number of aliphatic hydroxyl groups is 1. The van der Waals surface area contributed by atoms with Crippen LogP contribution in [0.2, 0.25) is 0 Å². The molecule has 0 aliphatic rings. The Hall–Kier alpha value is -1.35. The van der Waals surface area contributed by atoms with E-state index in [-0.39, 0.29) is 11.4 Å². The Morgan fingerprint density at radius 3 is 2.89 bits per heavy atom. The van der Waals surface area contributed by atoms with Crippen LogP contribution in [0.4, 0.5) is 4.39 Å². The zero-order chi connectivity index (χ0) is 13.9. The molecule has 0 amide bonds. The molecule has 2 heterocycles. The third kappa shape index (κ3) is 3.57. The van der Waals surface area contributed by atoms with E-state index in [0.29, 0.717) is 5.56 Å². The Morgan fingerprint density at radius 1 is 1.47 bits per heavy atom. The van der Waals surface area contributed by atoms with Crippen molar-refractivity contribution in [3.63, 3.8) is 0 Å². The number of pyridine rings is 1. The van der Waals surface area contributed by atoms with Crippen LogP contribution in [0.3, 0.4) is 0 Å². The fourth-order valence-corrected chi connectivity index (χ4v) is 3.11. The highest BCUT2D eigenvalue weighted by molar-refractivity contribution is 7.89. The smallest absolute Gasteiger partial charge is 0.242 e. The summed E-state index contributed by atoms with van der Waals surface area (Å²) in [7, 11) is -3.88. The normalized spacial score (nSPS) is 13.4. The highest BCUT2D eigenvalue weighted by atomic mass is 32.2. The van der Waals surface area contributed by atoms with Gasteiger partial charge in [0, 0.05) is 12.7 Å². The quantitative estimate of drug-likeness (QED) is 0.872. The number of hydrogen-bond donors (Lipinski definition) is 2. The molecular weight excluding hydrogens is 291 g/mol. The van der Waals surface area contributed by atoms with Crippen molar-refractivity contribution in [1.29, 1.82) is 0 Å². The molecule has 2 aromatic rings. The molecule has 0 radical (unpaired) electrons. The molecule has 1 unspecified atom stereocenters. The van der Waals surface area contributed by atoms with Gasteiger partial charge in [0.1, 0.15) is 10.7 Å². The van der Waals surface area contributed by atoms with Gasteiger partial charge < -0.3 is 5.11 Å². The molecule has 102 valence electrons. The van der Waals surface area contributed by atoms with Crippen LogP contribution in [-0.4, -0.2) is 25.1 Å². The van der Waals surface area contributed by atoms with E-state index in [0.717, 1.165) is 18.5 Å². The Bertz CT molecular complexity index is 644. The van der Waals surface area contributed by atoms with Gasteiger partial charge in [-0.05, 0) is 28.5 Å². The van der Waals surface area contributed by atoms with Crippen molar-refractivity contribution in [2.45, 2.75) is 11.0 Å². The predicted octanol–water partition coefficient (Wildman–Crippen LogP) is 1.29. The van der Waals surface area contributed by atoms with E-state index in [4.69, 9.17) is 0 Å². The van der Waals surface area contributed by atoms with Gasteiger partial charge >= 0.3 is 0 Å². The molecule has 2 N–H and O–H groups in total. The summed E-state index contributed by atoms with van der Waals surface area (Å²) < 4.78 is 38.8. The minimum atomic E-state index is -3.88. The van der Waals surface area contributed by atoms with Gasteiger partial charge in [0.15, 0.2) is 0 Å². The Balaban J connectivity index is 2.06. The molecule has 1 atom stereocenters. The van der Waals surface area contributed by atoms with E-state index >= 15 is 0 Å². The van der Waals surface area contributed by atoms with Gasteiger partial charge in [0.05, 0.1) is 12.3 Å². The number of nitrogens with zero attached hydrogens (tertiary/aromatic N) is 1. The summed E-state index contributed by atoms with van der Waals surface area (Å²) in [6.07, 6.45) is 1.02. The van der Waals surface area contributed by atoms with Gasteiger partial charge in [-0.2, -0.15) is 11.3 Å². The average Bonchev–Trinajstić information content (AvgIpc) is 2.90. The van der Waals surface area contributed by atoms with E-state index in [2.05, 4.69) is 9.71 Å². The van der Waals surface area contributed by atoms with Crippen molar-refractivity contribution in [1.82, 2.24) is 9.71 Å². The van der Waals surface area contributed by atoms with Crippen LogP contribution in [0, 0.1) is 5.82 Å². The molecule has 8 heteroatoms. The first-order valence-corrected chi connectivity index (χ1v) is 7.72. The van der Waals surface area contributed by atoms with Crippen LogP contribution in [0.5, 0.6) is 0 Å². The molecule has 0 saturated carbocycles. The number of halogens is 1. The van der Waals surface area contributed by atoms with Gasteiger partial charge in [-0.15, -0.1) is 0 Å². The maximum absolute atomic E-state index is 12.9. The van der Waals surface area contributed by atoms with E-state index in [1.165, 1.54) is 11.3 Å². The second-order valence-corrected chi connectivity index (χ2v) is 6.31. The summed E-state index contributed by atoms with van der Waals surface area (Å²) >= 11 is 1.40. The first kappa shape index (κ1) is 14.1. The van der Waals surface area contributed by atoms with Crippen LogP contribution in [0.25, 0.3) is 0 Å². The predicted molar refractivity (Wildman–Crippen MR) is 68.7 cm³/mol. The zero-order valence-corrected chi connectivity index (χ0v) is 11.3. The van der Waals surface area contributed by atoms with Crippen molar-refractivity contribution in [2.75, 3.05) is 6.54 Å².